The van der Waals surface area contributed by atoms with Gasteiger partial charge in [-0.25, -0.2) is 0 Å². The molecule has 0 saturated heterocycles. The highest BCUT2D eigenvalue weighted by Crippen LogP contribution is 2.32. The van der Waals surface area contributed by atoms with E-state index in [2.05, 4.69) is 61.3 Å². The highest BCUT2D eigenvalue weighted by molar-refractivity contribution is 6.08. The molecule has 104 valence electrons. The zero-order chi connectivity index (χ0) is 13.9. The average Bonchev–Trinajstić information content (AvgIpc) is 2.86. The van der Waals surface area contributed by atoms with E-state index in [1.54, 1.807) is 0 Å². The lowest BCUT2D eigenvalue weighted by Gasteiger charge is -2.12. The summed E-state index contributed by atoms with van der Waals surface area (Å²) in [4.78, 5) is 3.62. The molecule has 1 aromatic heterocycles. The van der Waals surface area contributed by atoms with Crippen molar-refractivity contribution in [3.8, 4) is 0 Å². The van der Waals surface area contributed by atoms with Gasteiger partial charge in [0, 0.05) is 21.8 Å². The fourth-order valence-electron chi connectivity index (χ4n) is 3.16. The van der Waals surface area contributed by atoms with Crippen molar-refractivity contribution in [2.24, 2.45) is 0 Å². The zero-order valence-electron chi connectivity index (χ0n) is 12.4. The van der Waals surface area contributed by atoms with Crippen LogP contribution in [0.4, 0.5) is 0 Å². The summed E-state index contributed by atoms with van der Waals surface area (Å²) in [7, 11) is 0. The number of H-pyrrole nitrogens is 1. The predicted octanol–water partition coefficient (Wildman–Crippen LogP) is 6.00. The molecule has 0 saturated carbocycles. The van der Waals surface area contributed by atoms with Crippen molar-refractivity contribution in [1.29, 1.82) is 0 Å². The number of aromatic nitrogens is 1. The van der Waals surface area contributed by atoms with Gasteiger partial charge < -0.3 is 4.98 Å². The van der Waals surface area contributed by atoms with E-state index >= 15 is 0 Å². The predicted molar refractivity (Wildman–Crippen MR) is 88.4 cm³/mol. The first-order valence-corrected chi connectivity index (χ1v) is 7.80. The lowest BCUT2D eigenvalue weighted by Crippen LogP contribution is -1.95. The summed E-state index contributed by atoms with van der Waals surface area (Å²) in [5.74, 6) is 0.623. The van der Waals surface area contributed by atoms with E-state index in [1.807, 2.05) is 0 Å². The number of nitrogens with one attached hydrogen (secondary N) is 1. The van der Waals surface area contributed by atoms with Crippen LogP contribution >= 0.6 is 0 Å². The van der Waals surface area contributed by atoms with Crippen molar-refractivity contribution in [2.45, 2.75) is 45.4 Å². The molecule has 0 radical (unpaired) electrons. The Bertz CT molecular complexity index is 708. The second kappa shape index (κ2) is 5.70. The molecule has 1 nitrogen and oxygen atoms in total. The lowest BCUT2D eigenvalue weighted by atomic mass is 9.93. The molecule has 0 spiro atoms. The van der Waals surface area contributed by atoms with Crippen LogP contribution in [0.15, 0.2) is 42.5 Å². The van der Waals surface area contributed by atoms with Crippen LogP contribution in [0.3, 0.4) is 0 Å². The molecule has 2 aromatic carbocycles. The molecule has 20 heavy (non-hydrogen) atoms. The van der Waals surface area contributed by atoms with Crippen LogP contribution in [0.25, 0.3) is 21.8 Å². The molecule has 0 aliphatic heterocycles. The molecule has 0 fully saturated rings. The second-order valence-electron chi connectivity index (χ2n) is 5.84. The minimum absolute atomic E-state index is 0.623. The van der Waals surface area contributed by atoms with Crippen molar-refractivity contribution in [3.05, 3.63) is 48.0 Å². The first-order chi connectivity index (χ1) is 9.81. The molecule has 1 N–H and O–H groups in total. The number of benzene rings is 2. The summed E-state index contributed by atoms with van der Waals surface area (Å²) in [5.41, 5.74) is 4.04. The van der Waals surface area contributed by atoms with Crippen molar-refractivity contribution in [1.82, 2.24) is 4.98 Å². The molecule has 1 unspecified atom stereocenters. The molecule has 3 rings (SSSR count). The van der Waals surface area contributed by atoms with Crippen LogP contribution in [-0.4, -0.2) is 4.98 Å². The third kappa shape index (κ3) is 2.33. The summed E-state index contributed by atoms with van der Waals surface area (Å²) < 4.78 is 0. The highest BCUT2D eigenvalue weighted by Gasteiger charge is 2.12. The van der Waals surface area contributed by atoms with Crippen molar-refractivity contribution in [3.63, 3.8) is 0 Å². The number of para-hydroxylation sites is 2. The van der Waals surface area contributed by atoms with Crippen LogP contribution in [-0.2, 0) is 0 Å². The summed E-state index contributed by atoms with van der Waals surface area (Å²) in [6.07, 6.45) is 5.24. The van der Waals surface area contributed by atoms with Gasteiger partial charge in [-0.1, -0.05) is 69.5 Å². The Morgan fingerprint density at radius 1 is 0.950 bits per heavy atom. The molecule has 0 aliphatic rings. The van der Waals surface area contributed by atoms with E-state index in [0.29, 0.717) is 5.92 Å². The maximum Gasteiger partial charge on any atom is 0.0500 e. The Morgan fingerprint density at radius 2 is 1.75 bits per heavy atom. The Hall–Kier alpha value is -1.76. The monoisotopic (exact) mass is 265 g/mol. The van der Waals surface area contributed by atoms with Gasteiger partial charge in [0.25, 0.3) is 0 Å². The standard InChI is InChI=1S/C19H23N/c1-3-4-5-9-14(2)15-11-8-12-17-16-10-6-7-13-18(16)20-19(15)17/h6-8,10-14,20H,3-5,9H2,1-2H3. The van der Waals surface area contributed by atoms with E-state index in [1.165, 1.54) is 53.1 Å². The van der Waals surface area contributed by atoms with Gasteiger partial charge in [0.15, 0.2) is 0 Å². The van der Waals surface area contributed by atoms with E-state index < -0.39 is 0 Å². The van der Waals surface area contributed by atoms with Crippen LogP contribution in [0.5, 0.6) is 0 Å². The summed E-state index contributed by atoms with van der Waals surface area (Å²) in [6.45, 7) is 4.62. The van der Waals surface area contributed by atoms with E-state index in [4.69, 9.17) is 0 Å². The normalized spacial score (nSPS) is 13.1. The van der Waals surface area contributed by atoms with Gasteiger partial charge in [0.05, 0.1) is 0 Å². The largest absolute Gasteiger partial charge is 0.354 e. The SMILES string of the molecule is CCCCCC(C)c1cccc2c1[nH]c1ccccc12. The van der Waals surface area contributed by atoms with Gasteiger partial charge in [-0.15, -0.1) is 0 Å². The fraction of sp³-hybridized carbons (Fsp3) is 0.368. The van der Waals surface area contributed by atoms with Gasteiger partial charge in [0.1, 0.15) is 0 Å². The number of unbranched alkanes of at least 4 members (excludes halogenated alkanes) is 2. The number of hydrogen-bond donors (Lipinski definition) is 1. The van der Waals surface area contributed by atoms with E-state index in [9.17, 15) is 0 Å². The van der Waals surface area contributed by atoms with Crippen molar-refractivity contribution >= 4 is 21.8 Å². The Labute approximate surface area is 121 Å². The molecule has 1 atom stereocenters. The van der Waals surface area contributed by atoms with E-state index in [-0.39, 0.29) is 0 Å². The zero-order valence-corrected chi connectivity index (χ0v) is 12.4. The molecular weight excluding hydrogens is 242 g/mol. The second-order valence-corrected chi connectivity index (χ2v) is 5.84. The number of rotatable bonds is 5. The Balaban J connectivity index is 2.02. The highest BCUT2D eigenvalue weighted by atomic mass is 14.7. The van der Waals surface area contributed by atoms with Gasteiger partial charge in [-0.2, -0.15) is 0 Å². The lowest BCUT2D eigenvalue weighted by molar-refractivity contribution is 0.600. The molecule has 1 heterocycles. The first kappa shape index (κ1) is 13.2. The topological polar surface area (TPSA) is 15.8 Å². The fourth-order valence-corrected chi connectivity index (χ4v) is 3.16. The quantitative estimate of drug-likeness (QED) is 0.544. The minimum Gasteiger partial charge on any atom is -0.354 e. The van der Waals surface area contributed by atoms with Gasteiger partial charge in [-0.3, -0.25) is 0 Å². The van der Waals surface area contributed by atoms with Gasteiger partial charge in [0.2, 0.25) is 0 Å². The van der Waals surface area contributed by atoms with E-state index in [0.717, 1.165) is 0 Å². The molecule has 1 heteroatoms. The van der Waals surface area contributed by atoms with Crippen LogP contribution < -0.4 is 0 Å². The summed E-state index contributed by atoms with van der Waals surface area (Å²) in [5, 5.41) is 2.70. The van der Waals surface area contributed by atoms with Gasteiger partial charge >= 0.3 is 0 Å². The smallest absolute Gasteiger partial charge is 0.0500 e. The Morgan fingerprint density at radius 3 is 2.60 bits per heavy atom. The number of hydrogen-bond acceptors (Lipinski definition) is 0. The van der Waals surface area contributed by atoms with Gasteiger partial charge in [-0.05, 0) is 24.0 Å². The molecule has 3 aromatic rings. The molecule has 0 aliphatic carbocycles. The summed E-state index contributed by atoms with van der Waals surface area (Å²) >= 11 is 0. The molecule has 0 amide bonds. The summed E-state index contributed by atoms with van der Waals surface area (Å²) in [6, 6.07) is 15.3. The third-order valence-corrected chi connectivity index (χ3v) is 4.35. The average molecular weight is 265 g/mol. The molecule has 0 bridgehead atoms. The van der Waals surface area contributed by atoms with Crippen LogP contribution in [0.1, 0.15) is 51.0 Å². The first-order valence-electron chi connectivity index (χ1n) is 7.80. The van der Waals surface area contributed by atoms with Crippen molar-refractivity contribution < 1.29 is 0 Å². The van der Waals surface area contributed by atoms with Crippen molar-refractivity contribution in [2.75, 3.05) is 0 Å². The number of fused-ring (bicyclic) bond motifs is 3. The maximum atomic E-state index is 3.62. The van der Waals surface area contributed by atoms with Crippen LogP contribution in [0, 0.1) is 0 Å². The maximum absolute atomic E-state index is 3.62. The number of aromatic amines is 1. The van der Waals surface area contributed by atoms with Crippen LogP contribution in [0.2, 0.25) is 0 Å². The minimum atomic E-state index is 0.623. The third-order valence-electron chi connectivity index (χ3n) is 4.35. The Kier molecular flexibility index (Phi) is 3.77. The molecular formula is C19H23N.